The van der Waals surface area contributed by atoms with Gasteiger partial charge in [-0.05, 0) is 6.92 Å². The topological polar surface area (TPSA) is 79.2 Å². The SMILES string of the molecule is CC(O)(O)COCCOCCO. The average Bonchev–Trinajstić information content (AvgIpc) is 1.94. The van der Waals surface area contributed by atoms with E-state index < -0.39 is 5.79 Å². The molecule has 0 spiro atoms. The highest BCUT2D eigenvalue weighted by Crippen LogP contribution is 1.96. The normalized spacial score (nSPS) is 12.0. The molecule has 0 bridgehead atoms. The van der Waals surface area contributed by atoms with Crippen LogP contribution in [-0.2, 0) is 9.47 Å². The van der Waals surface area contributed by atoms with Crippen molar-refractivity contribution >= 4 is 0 Å². The maximum absolute atomic E-state index is 8.77. The van der Waals surface area contributed by atoms with Crippen LogP contribution in [0, 0.1) is 0 Å². The van der Waals surface area contributed by atoms with Gasteiger partial charge in [-0.25, -0.2) is 0 Å². The molecule has 0 aliphatic rings. The summed E-state index contributed by atoms with van der Waals surface area (Å²) in [5.74, 6) is -1.78. The Labute approximate surface area is 71.5 Å². The number of aliphatic hydroxyl groups is 3. The fourth-order valence-electron chi connectivity index (χ4n) is 0.550. The summed E-state index contributed by atoms with van der Waals surface area (Å²) in [5.41, 5.74) is 0. The Balaban J connectivity index is 3.01. The van der Waals surface area contributed by atoms with Crippen LogP contribution in [0.4, 0.5) is 0 Å². The van der Waals surface area contributed by atoms with Gasteiger partial charge in [0.2, 0.25) is 0 Å². The minimum Gasteiger partial charge on any atom is -0.394 e. The fraction of sp³-hybridized carbons (Fsp3) is 1.00. The number of rotatable bonds is 7. The highest BCUT2D eigenvalue weighted by molar-refractivity contribution is 4.52. The molecule has 0 aromatic rings. The lowest BCUT2D eigenvalue weighted by atomic mass is 10.4. The molecule has 0 rings (SSSR count). The molecule has 3 N–H and O–H groups in total. The maximum atomic E-state index is 8.77. The predicted octanol–water partition coefficient (Wildman–Crippen LogP) is -1.29. The lowest BCUT2D eigenvalue weighted by Gasteiger charge is -2.15. The van der Waals surface area contributed by atoms with Crippen LogP contribution in [0.15, 0.2) is 0 Å². The van der Waals surface area contributed by atoms with Crippen molar-refractivity contribution in [2.45, 2.75) is 12.7 Å². The van der Waals surface area contributed by atoms with E-state index >= 15 is 0 Å². The van der Waals surface area contributed by atoms with Crippen LogP contribution in [0.3, 0.4) is 0 Å². The molecule has 0 heterocycles. The van der Waals surface area contributed by atoms with Gasteiger partial charge in [-0.1, -0.05) is 0 Å². The van der Waals surface area contributed by atoms with Gasteiger partial charge in [-0.15, -0.1) is 0 Å². The van der Waals surface area contributed by atoms with E-state index in [1.54, 1.807) is 0 Å². The lowest BCUT2D eigenvalue weighted by Crippen LogP contribution is -2.30. The quantitative estimate of drug-likeness (QED) is 0.336. The van der Waals surface area contributed by atoms with Crippen molar-refractivity contribution in [2.24, 2.45) is 0 Å². The molecule has 0 saturated heterocycles. The highest BCUT2D eigenvalue weighted by Gasteiger charge is 2.14. The van der Waals surface area contributed by atoms with Crippen molar-refractivity contribution in [1.29, 1.82) is 0 Å². The number of ether oxygens (including phenoxy) is 2. The molecule has 12 heavy (non-hydrogen) atoms. The minimum absolute atomic E-state index is 0.0162. The second kappa shape index (κ2) is 6.33. The molecule has 0 unspecified atom stereocenters. The Hall–Kier alpha value is -0.200. The third-order valence-electron chi connectivity index (χ3n) is 0.983. The second-order valence-corrected chi connectivity index (χ2v) is 2.61. The van der Waals surface area contributed by atoms with E-state index in [9.17, 15) is 0 Å². The summed E-state index contributed by atoms with van der Waals surface area (Å²) >= 11 is 0. The summed E-state index contributed by atoms with van der Waals surface area (Å²) in [6.45, 7) is 1.99. The molecule has 0 radical (unpaired) electrons. The molecule has 0 amide bonds. The summed E-state index contributed by atoms with van der Waals surface area (Å²) in [6, 6.07) is 0. The molecule has 0 saturated carbocycles. The number of hydrogen-bond donors (Lipinski definition) is 3. The van der Waals surface area contributed by atoms with E-state index in [4.69, 9.17) is 24.8 Å². The van der Waals surface area contributed by atoms with Gasteiger partial charge in [0.15, 0.2) is 5.79 Å². The minimum atomic E-state index is -1.78. The molecule has 74 valence electrons. The van der Waals surface area contributed by atoms with E-state index in [0.717, 1.165) is 0 Å². The van der Waals surface area contributed by atoms with E-state index in [0.29, 0.717) is 6.61 Å². The molecule has 5 heteroatoms. The molecule has 0 aliphatic heterocycles. The Morgan fingerprint density at radius 2 is 1.67 bits per heavy atom. The molecule has 5 nitrogen and oxygen atoms in total. The van der Waals surface area contributed by atoms with Crippen LogP contribution < -0.4 is 0 Å². The van der Waals surface area contributed by atoms with Gasteiger partial charge in [-0.3, -0.25) is 0 Å². The molecule has 0 atom stereocenters. The second-order valence-electron chi connectivity index (χ2n) is 2.61. The lowest BCUT2D eigenvalue weighted by molar-refractivity contribution is -0.185. The van der Waals surface area contributed by atoms with Gasteiger partial charge in [0.25, 0.3) is 0 Å². The number of aliphatic hydroxyl groups excluding tert-OH is 1. The monoisotopic (exact) mass is 180 g/mol. The first-order valence-electron chi connectivity index (χ1n) is 3.77. The van der Waals surface area contributed by atoms with Crippen LogP contribution in [0.25, 0.3) is 0 Å². The summed E-state index contributed by atoms with van der Waals surface area (Å²) in [6.07, 6.45) is 0. The first kappa shape index (κ1) is 11.8. The van der Waals surface area contributed by atoms with Crippen LogP contribution in [0.5, 0.6) is 0 Å². The van der Waals surface area contributed by atoms with Gasteiger partial charge < -0.3 is 24.8 Å². The molecular formula is C7H16O5. The Kier molecular flexibility index (Phi) is 6.23. The van der Waals surface area contributed by atoms with E-state index in [-0.39, 0.29) is 26.4 Å². The summed E-state index contributed by atoms with van der Waals surface area (Å²) in [7, 11) is 0. The average molecular weight is 180 g/mol. The standard InChI is InChI=1S/C7H16O5/c1-7(9,10)6-12-5-4-11-3-2-8/h8-10H,2-6H2,1H3. The van der Waals surface area contributed by atoms with Crippen molar-refractivity contribution in [2.75, 3.05) is 33.0 Å². The van der Waals surface area contributed by atoms with Crippen molar-refractivity contribution in [3.8, 4) is 0 Å². The first-order chi connectivity index (χ1) is 5.56. The predicted molar refractivity (Wildman–Crippen MR) is 41.6 cm³/mol. The van der Waals surface area contributed by atoms with Gasteiger partial charge >= 0.3 is 0 Å². The number of hydrogen-bond acceptors (Lipinski definition) is 5. The Bertz CT molecular complexity index is 98.5. The van der Waals surface area contributed by atoms with Gasteiger partial charge in [0.1, 0.15) is 6.61 Å². The zero-order chi connectivity index (χ0) is 9.45. The molecular weight excluding hydrogens is 164 g/mol. The summed E-state index contributed by atoms with van der Waals surface area (Å²) in [5, 5.41) is 25.8. The Morgan fingerprint density at radius 1 is 1.08 bits per heavy atom. The zero-order valence-corrected chi connectivity index (χ0v) is 7.19. The van der Waals surface area contributed by atoms with Crippen LogP contribution in [0.2, 0.25) is 0 Å². The third-order valence-corrected chi connectivity index (χ3v) is 0.983. The zero-order valence-electron chi connectivity index (χ0n) is 7.19. The largest absolute Gasteiger partial charge is 0.394 e. The fourth-order valence-corrected chi connectivity index (χ4v) is 0.550. The van der Waals surface area contributed by atoms with Gasteiger partial charge in [-0.2, -0.15) is 0 Å². The maximum Gasteiger partial charge on any atom is 0.183 e. The van der Waals surface area contributed by atoms with Crippen molar-refractivity contribution < 1.29 is 24.8 Å². The first-order valence-corrected chi connectivity index (χ1v) is 3.77. The van der Waals surface area contributed by atoms with Crippen molar-refractivity contribution in [3.05, 3.63) is 0 Å². The van der Waals surface area contributed by atoms with Crippen LogP contribution >= 0.6 is 0 Å². The smallest absolute Gasteiger partial charge is 0.183 e. The van der Waals surface area contributed by atoms with Crippen LogP contribution in [-0.4, -0.2) is 54.1 Å². The van der Waals surface area contributed by atoms with Gasteiger partial charge in [0.05, 0.1) is 26.4 Å². The van der Waals surface area contributed by atoms with Crippen molar-refractivity contribution in [3.63, 3.8) is 0 Å². The van der Waals surface area contributed by atoms with E-state index in [2.05, 4.69) is 0 Å². The Morgan fingerprint density at radius 3 is 2.17 bits per heavy atom. The highest BCUT2D eigenvalue weighted by atomic mass is 16.6. The van der Waals surface area contributed by atoms with Crippen LogP contribution in [0.1, 0.15) is 6.92 Å². The summed E-state index contributed by atoms with van der Waals surface area (Å²) < 4.78 is 9.70. The molecule has 0 fully saturated rings. The molecule has 0 aromatic carbocycles. The van der Waals surface area contributed by atoms with Crippen molar-refractivity contribution in [1.82, 2.24) is 0 Å². The van der Waals surface area contributed by atoms with E-state index in [1.165, 1.54) is 6.92 Å². The third kappa shape index (κ3) is 9.80. The molecule has 0 aromatic heterocycles. The van der Waals surface area contributed by atoms with Gasteiger partial charge in [0, 0.05) is 0 Å². The summed E-state index contributed by atoms with van der Waals surface area (Å²) in [4.78, 5) is 0. The molecule has 0 aliphatic carbocycles. The van der Waals surface area contributed by atoms with E-state index in [1.807, 2.05) is 0 Å².